The summed E-state index contributed by atoms with van der Waals surface area (Å²) in [5.74, 6) is 5.86. The first kappa shape index (κ1) is 13.6. The number of nitrogens with one attached hydrogen (secondary N) is 1. The average molecular weight is 282 g/mol. The monoisotopic (exact) mass is 282 g/mol. The van der Waals surface area contributed by atoms with Gasteiger partial charge in [0.15, 0.2) is 0 Å². The molecule has 2 heterocycles. The molecule has 3 rings (SSSR count). The maximum Gasteiger partial charge on any atom is 0.255 e. The minimum Gasteiger partial charge on any atom is -0.338 e. The third-order valence-electron chi connectivity index (χ3n) is 3.87. The van der Waals surface area contributed by atoms with Crippen molar-refractivity contribution in [3.05, 3.63) is 59.3 Å². The molecule has 1 aliphatic heterocycles. The Labute approximate surface area is 123 Å². The standard InChI is InChI=1S/C16H18N4O/c17-19-15-6-5-14(11-18-15)16(21)20-9-7-12-3-1-2-4-13(12)8-10-20/h1-6,11H,7-10,17H2,(H,18,19). The van der Waals surface area contributed by atoms with Crippen LogP contribution in [0.5, 0.6) is 0 Å². The van der Waals surface area contributed by atoms with Gasteiger partial charge in [0.2, 0.25) is 0 Å². The maximum absolute atomic E-state index is 12.5. The third kappa shape index (κ3) is 2.87. The van der Waals surface area contributed by atoms with Crippen LogP contribution in [-0.2, 0) is 12.8 Å². The number of nitrogens with two attached hydrogens (primary N) is 1. The molecule has 5 heteroatoms. The molecule has 0 bridgehead atoms. The van der Waals surface area contributed by atoms with Crippen LogP contribution in [0.2, 0.25) is 0 Å². The summed E-state index contributed by atoms with van der Waals surface area (Å²) in [6.07, 6.45) is 3.37. The van der Waals surface area contributed by atoms with Crippen molar-refractivity contribution in [1.29, 1.82) is 0 Å². The van der Waals surface area contributed by atoms with Crippen molar-refractivity contribution in [2.24, 2.45) is 5.84 Å². The van der Waals surface area contributed by atoms with E-state index in [1.54, 1.807) is 18.3 Å². The summed E-state index contributed by atoms with van der Waals surface area (Å²) in [7, 11) is 0. The molecule has 0 saturated heterocycles. The molecule has 1 aliphatic rings. The molecule has 0 saturated carbocycles. The molecule has 1 aromatic heterocycles. The number of aromatic nitrogens is 1. The lowest BCUT2D eigenvalue weighted by Gasteiger charge is -2.20. The van der Waals surface area contributed by atoms with Crippen molar-refractivity contribution < 1.29 is 4.79 Å². The summed E-state index contributed by atoms with van der Waals surface area (Å²) in [6.45, 7) is 1.49. The fourth-order valence-electron chi connectivity index (χ4n) is 2.66. The number of hydrogen-bond donors (Lipinski definition) is 2. The van der Waals surface area contributed by atoms with Gasteiger partial charge in [-0.25, -0.2) is 10.8 Å². The van der Waals surface area contributed by atoms with Gasteiger partial charge in [-0.2, -0.15) is 0 Å². The van der Waals surface area contributed by atoms with Gasteiger partial charge in [-0.3, -0.25) is 4.79 Å². The van der Waals surface area contributed by atoms with Crippen LogP contribution in [0.4, 0.5) is 5.82 Å². The Balaban J connectivity index is 1.74. The van der Waals surface area contributed by atoms with Gasteiger partial charge in [0.05, 0.1) is 5.56 Å². The molecule has 1 amide bonds. The van der Waals surface area contributed by atoms with E-state index in [1.165, 1.54) is 11.1 Å². The number of nitrogen functional groups attached to an aromatic ring is 1. The van der Waals surface area contributed by atoms with E-state index in [0.29, 0.717) is 11.4 Å². The quantitative estimate of drug-likeness (QED) is 0.648. The molecule has 2 aromatic rings. The van der Waals surface area contributed by atoms with Crippen molar-refractivity contribution in [3.8, 4) is 0 Å². The number of anilines is 1. The van der Waals surface area contributed by atoms with Gasteiger partial charge in [-0.05, 0) is 36.1 Å². The SMILES string of the molecule is NNc1ccc(C(=O)N2CCc3ccccc3CC2)cn1. The van der Waals surface area contributed by atoms with E-state index in [2.05, 4.69) is 34.7 Å². The predicted octanol–water partition coefficient (Wildman–Crippen LogP) is 1.61. The first-order chi connectivity index (χ1) is 10.3. The van der Waals surface area contributed by atoms with Crippen molar-refractivity contribution in [1.82, 2.24) is 9.88 Å². The summed E-state index contributed by atoms with van der Waals surface area (Å²) in [4.78, 5) is 18.5. The zero-order valence-corrected chi connectivity index (χ0v) is 11.7. The van der Waals surface area contributed by atoms with Crippen LogP contribution in [0.15, 0.2) is 42.6 Å². The van der Waals surface area contributed by atoms with Gasteiger partial charge in [-0.1, -0.05) is 24.3 Å². The highest BCUT2D eigenvalue weighted by Gasteiger charge is 2.19. The second-order valence-corrected chi connectivity index (χ2v) is 5.14. The van der Waals surface area contributed by atoms with Gasteiger partial charge in [0.25, 0.3) is 5.91 Å². The van der Waals surface area contributed by atoms with Crippen molar-refractivity contribution in [2.75, 3.05) is 18.5 Å². The van der Waals surface area contributed by atoms with Gasteiger partial charge >= 0.3 is 0 Å². The van der Waals surface area contributed by atoms with E-state index < -0.39 is 0 Å². The van der Waals surface area contributed by atoms with E-state index in [4.69, 9.17) is 5.84 Å². The number of hydrazine groups is 1. The molecule has 5 nitrogen and oxygen atoms in total. The topological polar surface area (TPSA) is 71.2 Å². The smallest absolute Gasteiger partial charge is 0.255 e. The summed E-state index contributed by atoms with van der Waals surface area (Å²) < 4.78 is 0. The molecule has 0 fully saturated rings. The Morgan fingerprint density at radius 1 is 1.10 bits per heavy atom. The molecular formula is C16H18N4O. The normalized spacial score (nSPS) is 14.2. The number of hydrogen-bond acceptors (Lipinski definition) is 4. The molecule has 21 heavy (non-hydrogen) atoms. The van der Waals surface area contributed by atoms with E-state index >= 15 is 0 Å². The Bertz CT molecular complexity index is 612. The Morgan fingerprint density at radius 3 is 2.29 bits per heavy atom. The van der Waals surface area contributed by atoms with Crippen LogP contribution in [0.1, 0.15) is 21.5 Å². The van der Waals surface area contributed by atoms with Crippen LogP contribution in [-0.4, -0.2) is 28.9 Å². The van der Waals surface area contributed by atoms with Crippen LogP contribution in [0.3, 0.4) is 0 Å². The molecule has 1 aromatic carbocycles. The second-order valence-electron chi connectivity index (χ2n) is 5.14. The first-order valence-electron chi connectivity index (χ1n) is 7.06. The molecule has 108 valence electrons. The van der Waals surface area contributed by atoms with Gasteiger partial charge < -0.3 is 10.3 Å². The molecule has 0 atom stereocenters. The number of amides is 1. The van der Waals surface area contributed by atoms with Crippen molar-refractivity contribution >= 4 is 11.7 Å². The number of nitrogens with zero attached hydrogens (tertiary/aromatic N) is 2. The molecule has 0 radical (unpaired) electrons. The minimum absolute atomic E-state index is 0.0267. The van der Waals surface area contributed by atoms with Gasteiger partial charge in [-0.15, -0.1) is 0 Å². The largest absolute Gasteiger partial charge is 0.338 e. The molecular weight excluding hydrogens is 264 g/mol. The Hall–Kier alpha value is -2.40. The first-order valence-corrected chi connectivity index (χ1v) is 7.06. The maximum atomic E-state index is 12.5. The highest BCUT2D eigenvalue weighted by atomic mass is 16.2. The summed E-state index contributed by atoms with van der Waals surface area (Å²) >= 11 is 0. The lowest BCUT2D eigenvalue weighted by atomic mass is 10.0. The second kappa shape index (κ2) is 5.93. The zero-order valence-electron chi connectivity index (χ0n) is 11.7. The Morgan fingerprint density at radius 2 is 1.76 bits per heavy atom. The molecule has 3 N–H and O–H groups in total. The highest BCUT2D eigenvalue weighted by Crippen LogP contribution is 2.17. The van der Waals surface area contributed by atoms with Crippen LogP contribution >= 0.6 is 0 Å². The molecule has 0 spiro atoms. The lowest BCUT2D eigenvalue weighted by Crippen LogP contribution is -2.33. The third-order valence-corrected chi connectivity index (χ3v) is 3.87. The van der Waals surface area contributed by atoms with E-state index in [0.717, 1.165) is 25.9 Å². The predicted molar refractivity (Wildman–Crippen MR) is 81.8 cm³/mol. The highest BCUT2D eigenvalue weighted by molar-refractivity contribution is 5.94. The fourth-order valence-corrected chi connectivity index (χ4v) is 2.66. The molecule has 0 aliphatic carbocycles. The van der Waals surface area contributed by atoms with Crippen LogP contribution in [0, 0.1) is 0 Å². The lowest BCUT2D eigenvalue weighted by molar-refractivity contribution is 0.0762. The summed E-state index contributed by atoms with van der Waals surface area (Å²) in [5, 5.41) is 0. The van der Waals surface area contributed by atoms with Crippen molar-refractivity contribution in [2.45, 2.75) is 12.8 Å². The summed E-state index contributed by atoms with van der Waals surface area (Å²) in [6, 6.07) is 11.9. The van der Waals surface area contributed by atoms with Crippen LogP contribution < -0.4 is 11.3 Å². The number of rotatable bonds is 2. The van der Waals surface area contributed by atoms with Crippen LogP contribution in [0.25, 0.3) is 0 Å². The van der Waals surface area contributed by atoms with E-state index in [-0.39, 0.29) is 5.91 Å². The zero-order chi connectivity index (χ0) is 14.7. The van der Waals surface area contributed by atoms with E-state index in [1.807, 2.05) is 4.90 Å². The van der Waals surface area contributed by atoms with E-state index in [9.17, 15) is 4.79 Å². The fraction of sp³-hybridized carbons (Fsp3) is 0.250. The number of carbonyl (C=O) groups is 1. The Kier molecular flexibility index (Phi) is 3.83. The number of pyridine rings is 1. The number of benzene rings is 1. The average Bonchev–Trinajstić information content (AvgIpc) is 2.77. The van der Waals surface area contributed by atoms with Gasteiger partial charge in [0.1, 0.15) is 5.82 Å². The number of fused-ring (bicyclic) bond motifs is 1. The summed E-state index contributed by atoms with van der Waals surface area (Å²) in [5.41, 5.74) is 5.74. The minimum atomic E-state index is 0.0267. The van der Waals surface area contributed by atoms with Gasteiger partial charge in [0, 0.05) is 19.3 Å². The van der Waals surface area contributed by atoms with Crippen molar-refractivity contribution in [3.63, 3.8) is 0 Å². The molecule has 0 unspecified atom stereocenters. The number of carbonyl (C=O) groups excluding carboxylic acids is 1.